The van der Waals surface area contributed by atoms with Crippen LogP contribution in [0.2, 0.25) is 0 Å². The van der Waals surface area contributed by atoms with Gasteiger partial charge in [0.15, 0.2) is 0 Å². The number of halogens is 2. The topological polar surface area (TPSA) is 35.5 Å². The summed E-state index contributed by atoms with van der Waals surface area (Å²) in [5.74, 6) is 0. The third-order valence-corrected chi connectivity index (χ3v) is 5.02. The van der Waals surface area contributed by atoms with Gasteiger partial charge < -0.3 is 15.3 Å². The van der Waals surface area contributed by atoms with Crippen molar-refractivity contribution in [2.45, 2.75) is 50.7 Å². The van der Waals surface area contributed by atoms with Crippen LogP contribution in [0.3, 0.4) is 0 Å². The van der Waals surface area contributed by atoms with E-state index in [1.54, 1.807) is 0 Å². The molecule has 3 aliphatic rings. The molecule has 1 saturated carbocycles. The van der Waals surface area contributed by atoms with Gasteiger partial charge in [0.2, 0.25) is 0 Å². The summed E-state index contributed by atoms with van der Waals surface area (Å²) in [5, 5.41) is 13.0. The average molecular weight is 297 g/mol. The molecule has 0 aromatic heterocycles. The van der Waals surface area contributed by atoms with Gasteiger partial charge in [0, 0.05) is 19.1 Å². The predicted octanol–water partition coefficient (Wildman–Crippen LogP) is 1.82. The minimum absolute atomic E-state index is 0. The molecule has 18 heavy (non-hydrogen) atoms. The molecule has 2 N–H and O–H groups in total. The lowest BCUT2D eigenvalue weighted by atomic mass is 9.60. The molecule has 0 atom stereocenters. The van der Waals surface area contributed by atoms with Gasteiger partial charge in [0.25, 0.3) is 0 Å². The Balaban J connectivity index is 0.000000810. The largest absolute Gasteiger partial charge is 0.393 e. The minimum Gasteiger partial charge on any atom is -0.393 e. The third kappa shape index (κ3) is 3.31. The second kappa shape index (κ2) is 6.76. The van der Waals surface area contributed by atoms with E-state index in [1.807, 2.05) is 0 Å². The molecule has 1 aliphatic carbocycles. The van der Waals surface area contributed by atoms with Crippen molar-refractivity contribution in [1.29, 1.82) is 0 Å². The van der Waals surface area contributed by atoms with Gasteiger partial charge >= 0.3 is 0 Å². The first kappa shape index (κ1) is 16.5. The Bertz CT molecular complexity index is 243. The van der Waals surface area contributed by atoms with Gasteiger partial charge in [-0.3, -0.25) is 0 Å². The number of hydrogen-bond donors (Lipinski definition) is 2. The van der Waals surface area contributed by atoms with Gasteiger partial charge in [-0.15, -0.1) is 24.8 Å². The van der Waals surface area contributed by atoms with Gasteiger partial charge in [-0.2, -0.15) is 0 Å². The van der Waals surface area contributed by atoms with E-state index in [9.17, 15) is 5.11 Å². The molecule has 1 spiro atoms. The minimum atomic E-state index is -0.0239. The number of rotatable bonds is 1. The van der Waals surface area contributed by atoms with Crippen LogP contribution in [0.1, 0.15) is 38.5 Å². The van der Waals surface area contributed by atoms with Gasteiger partial charge in [0.05, 0.1) is 6.10 Å². The van der Waals surface area contributed by atoms with E-state index in [0.29, 0.717) is 5.41 Å². The monoisotopic (exact) mass is 296 g/mol. The summed E-state index contributed by atoms with van der Waals surface area (Å²) in [5.41, 5.74) is 0.700. The number of piperidine rings is 2. The van der Waals surface area contributed by atoms with Crippen LogP contribution in [0, 0.1) is 5.41 Å². The van der Waals surface area contributed by atoms with Crippen LogP contribution < -0.4 is 5.32 Å². The first-order chi connectivity index (χ1) is 7.77. The highest BCUT2D eigenvalue weighted by Gasteiger charge is 2.46. The Morgan fingerprint density at radius 1 is 1.00 bits per heavy atom. The maximum absolute atomic E-state index is 9.51. The molecule has 2 heterocycles. The van der Waals surface area contributed by atoms with Crippen LogP contribution in [-0.2, 0) is 0 Å². The fourth-order valence-electron chi connectivity index (χ4n) is 3.81. The van der Waals surface area contributed by atoms with Crippen molar-refractivity contribution in [1.82, 2.24) is 10.2 Å². The summed E-state index contributed by atoms with van der Waals surface area (Å²) in [6.45, 7) is 4.71. The number of hydrogen-bond acceptors (Lipinski definition) is 3. The molecule has 5 heteroatoms. The number of likely N-dealkylation sites (tertiary alicyclic amines) is 1. The van der Waals surface area contributed by atoms with E-state index < -0.39 is 0 Å². The zero-order valence-corrected chi connectivity index (χ0v) is 12.6. The first-order valence-corrected chi connectivity index (χ1v) is 6.90. The van der Waals surface area contributed by atoms with E-state index >= 15 is 0 Å². The Morgan fingerprint density at radius 2 is 1.56 bits per heavy atom. The molecule has 0 unspecified atom stereocenters. The first-order valence-electron chi connectivity index (χ1n) is 6.90. The molecule has 2 saturated heterocycles. The quantitative estimate of drug-likeness (QED) is 0.775. The zero-order valence-electron chi connectivity index (χ0n) is 10.9. The highest BCUT2D eigenvalue weighted by Crippen LogP contribution is 2.50. The number of aliphatic hydroxyl groups excluding tert-OH is 1. The molecule has 0 radical (unpaired) electrons. The highest BCUT2D eigenvalue weighted by molar-refractivity contribution is 5.85. The lowest BCUT2D eigenvalue weighted by Gasteiger charge is -2.55. The second-order valence-electron chi connectivity index (χ2n) is 6.08. The van der Waals surface area contributed by atoms with Gasteiger partial charge in [-0.05, 0) is 57.0 Å². The van der Waals surface area contributed by atoms with Gasteiger partial charge in [0.1, 0.15) is 0 Å². The molecule has 3 rings (SSSR count). The smallest absolute Gasteiger partial charge is 0.0564 e. The molecular weight excluding hydrogens is 271 g/mol. The van der Waals surface area contributed by atoms with Crippen molar-refractivity contribution < 1.29 is 5.11 Å². The standard InChI is InChI=1S/C13H24N2O.2ClH/c16-12-1-7-15(8-2-12)11-9-13(10-11)3-5-14-6-4-13;;/h11-12,14,16H,1-10H2;2*1H. The molecule has 3 fully saturated rings. The number of nitrogens with zero attached hydrogens (tertiary/aromatic N) is 1. The van der Waals surface area contributed by atoms with Crippen molar-refractivity contribution in [3.8, 4) is 0 Å². The third-order valence-electron chi connectivity index (χ3n) is 5.02. The zero-order chi connectivity index (χ0) is 11.0. The summed E-state index contributed by atoms with van der Waals surface area (Å²) in [6.07, 6.45) is 7.58. The van der Waals surface area contributed by atoms with Gasteiger partial charge in [-0.25, -0.2) is 0 Å². The lowest BCUT2D eigenvalue weighted by Crippen LogP contribution is -2.56. The number of nitrogens with one attached hydrogen (secondary N) is 1. The van der Waals surface area contributed by atoms with Gasteiger partial charge in [-0.1, -0.05) is 0 Å². The summed E-state index contributed by atoms with van der Waals surface area (Å²) >= 11 is 0. The maximum Gasteiger partial charge on any atom is 0.0564 e. The van der Waals surface area contributed by atoms with Crippen molar-refractivity contribution in [3.63, 3.8) is 0 Å². The molecule has 0 aromatic rings. The van der Waals surface area contributed by atoms with Crippen LogP contribution in [0.25, 0.3) is 0 Å². The van der Waals surface area contributed by atoms with Crippen molar-refractivity contribution in [2.75, 3.05) is 26.2 Å². The Labute approximate surface area is 123 Å². The van der Waals surface area contributed by atoms with E-state index in [1.165, 1.54) is 38.8 Å². The summed E-state index contributed by atoms with van der Waals surface area (Å²) in [6, 6.07) is 0.839. The van der Waals surface area contributed by atoms with E-state index in [-0.39, 0.29) is 30.9 Å². The van der Waals surface area contributed by atoms with Crippen LogP contribution in [0.5, 0.6) is 0 Å². The molecule has 108 valence electrons. The lowest BCUT2D eigenvalue weighted by molar-refractivity contribution is -0.0423. The fourth-order valence-corrected chi connectivity index (χ4v) is 3.81. The Morgan fingerprint density at radius 3 is 2.11 bits per heavy atom. The average Bonchev–Trinajstić information content (AvgIpc) is 2.28. The van der Waals surface area contributed by atoms with Crippen LogP contribution in [0.4, 0.5) is 0 Å². The fraction of sp³-hybridized carbons (Fsp3) is 1.00. The SMILES string of the molecule is Cl.Cl.OC1CCN(C2CC3(CCNCC3)C2)CC1. The van der Waals surface area contributed by atoms with Crippen molar-refractivity contribution in [3.05, 3.63) is 0 Å². The summed E-state index contributed by atoms with van der Waals surface area (Å²) < 4.78 is 0. The molecule has 0 bridgehead atoms. The van der Waals surface area contributed by atoms with E-state index in [4.69, 9.17) is 0 Å². The van der Waals surface area contributed by atoms with Crippen molar-refractivity contribution >= 4 is 24.8 Å². The number of aliphatic hydroxyl groups is 1. The van der Waals surface area contributed by atoms with Crippen LogP contribution >= 0.6 is 24.8 Å². The Hall–Kier alpha value is 0.460. The summed E-state index contributed by atoms with van der Waals surface area (Å²) in [7, 11) is 0. The van der Waals surface area contributed by atoms with E-state index in [0.717, 1.165) is 32.0 Å². The maximum atomic E-state index is 9.51. The van der Waals surface area contributed by atoms with Crippen LogP contribution in [-0.4, -0.2) is 48.3 Å². The normalized spacial score (nSPS) is 29.2. The predicted molar refractivity (Wildman–Crippen MR) is 78.9 cm³/mol. The van der Waals surface area contributed by atoms with Crippen molar-refractivity contribution in [2.24, 2.45) is 5.41 Å². The molecule has 0 amide bonds. The Kier molecular flexibility index (Phi) is 6.20. The highest BCUT2D eigenvalue weighted by atomic mass is 35.5. The molecule has 0 aromatic carbocycles. The molecule has 2 aliphatic heterocycles. The molecular formula is C13H26Cl2N2O. The van der Waals surface area contributed by atoms with E-state index in [2.05, 4.69) is 10.2 Å². The van der Waals surface area contributed by atoms with Crippen LogP contribution in [0.15, 0.2) is 0 Å². The second-order valence-corrected chi connectivity index (χ2v) is 6.08. The summed E-state index contributed by atoms with van der Waals surface area (Å²) in [4.78, 5) is 2.63. The molecule has 3 nitrogen and oxygen atoms in total.